The van der Waals surface area contributed by atoms with Crippen LogP contribution in [0.2, 0.25) is 0 Å². The van der Waals surface area contributed by atoms with Crippen molar-refractivity contribution in [2.75, 3.05) is 5.32 Å². The summed E-state index contributed by atoms with van der Waals surface area (Å²) >= 11 is 0. The van der Waals surface area contributed by atoms with Gasteiger partial charge in [-0.1, -0.05) is 0 Å². The molecule has 0 radical (unpaired) electrons. The fourth-order valence-corrected chi connectivity index (χ4v) is 2.44. The van der Waals surface area contributed by atoms with Crippen molar-refractivity contribution in [3.8, 4) is 11.5 Å². The molecule has 0 fully saturated rings. The Labute approximate surface area is 131 Å². The van der Waals surface area contributed by atoms with E-state index >= 15 is 0 Å². The summed E-state index contributed by atoms with van der Waals surface area (Å²) in [7, 11) is -3.79. The first-order valence-electron chi connectivity index (χ1n) is 6.47. The number of nitrogens with zero attached hydrogens (tertiary/aromatic N) is 1. The third-order valence-electron chi connectivity index (χ3n) is 3.05. The minimum Gasteiger partial charge on any atom is -0.463 e. The van der Waals surface area contributed by atoms with Gasteiger partial charge in [0.2, 0.25) is 10.0 Å². The molecule has 8 nitrogen and oxygen atoms in total. The van der Waals surface area contributed by atoms with Crippen LogP contribution in [0.15, 0.2) is 58.0 Å². The van der Waals surface area contributed by atoms with E-state index in [0.29, 0.717) is 17.3 Å². The number of rotatable bonds is 4. The molecule has 3 rings (SSSR count). The summed E-state index contributed by atoms with van der Waals surface area (Å²) < 4.78 is 27.6. The first-order valence-corrected chi connectivity index (χ1v) is 8.01. The number of benzene rings is 1. The van der Waals surface area contributed by atoms with Crippen LogP contribution in [0.5, 0.6) is 0 Å². The van der Waals surface area contributed by atoms with Crippen LogP contribution >= 0.6 is 0 Å². The minimum atomic E-state index is -3.79. The Kier molecular flexibility index (Phi) is 3.72. The van der Waals surface area contributed by atoms with Crippen LogP contribution in [-0.4, -0.2) is 24.5 Å². The topological polar surface area (TPSA) is 131 Å². The maximum absolute atomic E-state index is 12.1. The Morgan fingerprint density at radius 2 is 1.96 bits per heavy atom. The lowest BCUT2D eigenvalue weighted by Crippen LogP contribution is -2.14. The van der Waals surface area contributed by atoms with Crippen LogP contribution in [-0.2, 0) is 10.0 Å². The smallest absolute Gasteiger partial charge is 0.256 e. The highest BCUT2D eigenvalue weighted by Gasteiger charge is 2.12. The van der Waals surface area contributed by atoms with Gasteiger partial charge in [0.1, 0.15) is 5.69 Å². The molecule has 23 heavy (non-hydrogen) atoms. The van der Waals surface area contributed by atoms with Crippen molar-refractivity contribution in [3.05, 3.63) is 54.3 Å². The summed E-state index contributed by atoms with van der Waals surface area (Å²) in [5, 5.41) is 14.3. The lowest BCUT2D eigenvalue weighted by molar-refractivity contribution is 0.102. The van der Waals surface area contributed by atoms with Gasteiger partial charge >= 0.3 is 0 Å². The number of primary sulfonamides is 1. The fourth-order valence-electron chi connectivity index (χ4n) is 1.93. The number of furan rings is 1. The lowest BCUT2D eigenvalue weighted by atomic mass is 10.2. The number of aromatic nitrogens is 2. The molecule has 0 aliphatic rings. The highest BCUT2D eigenvalue weighted by Crippen LogP contribution is 2.20. The molecular weight excluding hydrogens is 320 g/mol. The van der Waals surface area contributed by atoms with E-state index in [9.17, 15) is 13.2 Å². The predicted molar refractivity (Wildman–Crippen MR) is 82.1 cm³/mol. The summed E-state index contributed by atoms with van der Waals surface area (Å²) in [6.07, 6.45) is 1.53. The zero-order chi connectivity index (χ0) is 16.4. The van der Waals surface area contributed by atoms with Crippen molar-refractivity contribution in [3.63, 3.8) is 0 Å². The van der Waals surface area contributed by atoms with Gasteiger partial charge in [0.15, 0.2) is 11.6 Å². The molecule has 3 aromatic rings. The normalized spacial score (nSPS) is 11.3. The number of nitrogens with one attached hydrogen (secondary N) is 2. The molecule has 0 aliphatic heterocycles. The van der Waals surface area contributed by atoms with Crippen molar-refractivity contribution >= 4 is 21.7 Å². The maximum Gasteiger partial charge on any atom is 0.256 e. The Bertz CT molecular complexity index is 928. The Morgan fingerprint density at radius 3 is 2.57 bits per heavy atom. The first kappa shape index (κ1) is 15.0. The van der Waals surface area contributed by atoms with Crippen LogP contribution in [0.4, 0.5) is 5.82 Å². The van der Waals surface area contributed by atoms with Gasteiger partial charge in [0, 0.05) is 11.6 Å². The molecule has 1 aromatic carbocycles. The van der Waals surface area contributed by atoms with Gasteiger partial charge < -0.3 is 9.73 Å². The second kappa shape index (κ2) is 5.71. The first-order chi connectivity index (χ1) is 10.9. The number of carbonyl (C=O) groups excluding carboxylic acids is 1. The molecule has 2 heterocycles. The van der Waals surface area contributed by atoms with E-state index in [1.807, 2.05) is 0 Å². The summed E-state index contributed by atoms with van der Waals surface area (Å²) in [6, 6.07) is 10.4. The van der Waals surface area contributed by atoms with Crippen molar-refractivity contribution in [1.82, 2.24) is 10.2 Å². The number of H-pyrrole nitrogens is 1. The predicted octanol–water partition coefficient (Wildman–Crippen LogP) is 1.57. The van der Waals surface area contributed by atoms with Crippen LogP contribution in [0.3, 0.4) is 0 Å². The average molecular weight is 332 g/mol. The molecule has 0 unspecified atom stereocenters. The summed E-state index contributed by atoms with van der Waals surface area (Å²) in [4.78, 5) is 12.0. The zero-order valence-electron chi connectivity index (χ0n) is 11.7. The van der Waals surface area contributed by atoms with E-state index in [2.05, 4.69) is 15.5 Å². The molecule has 0 bridgehead atoms. The van der Waals surface area contributed by atoms with E-state index < -0.39 is 15.9 Å². The Morgan fingerprint density at radius 1 is 1.22 bits per heavy atom. The van der Waals surface area contributed by atoms with E-state index in [0.717, 1.165) is 0 Å². The summed E-state index contributed by atoms with van der Waals surface area (Å²) in [5.41, 5.74) is 0.898. The second-order valence-electron chi connectivity index (χ2n) is 4.67. The minimum absolute atomic E-state index is 0.0612. The fraction of sp³-hybridized carbons (Fsp3) is 0. The maximum atomic E-state index is 12.1. The molecular formula is C14H12N4O4S. The van der Waals surface area contributed by atoms with Gasteiger partial charge in [-0.15, -0.1) is 0 Å². The molecule has 0 atom stereocenters. The number of aromatic amines is 1. The van der Waals surface area contributed by atoms with Crippen LogP contribution in [0.1, 0.15) is 10.4 Å². The summed E-state index contributed by atoms with van der Waals surface area (Å²) in [6.45, 7) is 0. The van der Waals surface area contributed by atoms with Gasteiger partial charge in [-0.05, 0) is 36.4 Å². The van der Waals surface area contributed by atoms with Crippen molar-refractivity contribution < 1.29 is 17.6 Å². The number of anilines is 1. The van der Waals surface area contributed by atoms with Crippen molar-refractivity contribution in [2.45, 2.75) is 4.90 Å². The highest BCUT2D eigenvalue weighted by molar-refractivity contribution is 7.89. The Hall–Kier alpha value is -2.91. The lowest BCUT2D eigenvalue weighted by Gasteiger charge is -2.03. The van der Waals surface area contributed by atoms with Gasteiger partial charge in [-0.3, -0.25) is 9.89 Å². The molecule has 1 amide bonds. The molecule has 2 aromatic heterocycles. The zero-order valence-corrected chi connectivity index (χ0v) is 12.5. The SMILES string of the molecule is NS(=O)(=O)c1ccc(C(=O)Nc2cc(-c3ccco3)[nH]n2)cc1. The number of sulfonamides is 1. The largest absolute Gasteiger partial charge is 0.463 e. The van der Waals surface area contributed by atoms with Gasteiger partial charge in [-0.2, -0.15) is 5.10 Å². The standard InChI is InChI=1S/C14H12N4O4S/c15-23(20,21)10-5-3-9(4-6-10)14(19)16-13-8-11(17-18-13)12-2-1-7-22-12/h1-8H,(H2,15,20,21)(H2,16,17,18,19). The number of amides is 1. The molecule has 0 saturated carbocycles. The Balaban J connectivity index is 1.74. The van der Waals surface area contributed by atoms with Gasteiger partial charge in [-0.25, -0.2) is 13.6 Å². The van der Waals surface area contributed by atoms with Crippen LogP contribution in [0, 0.1) is 0 Å². The molecule has 0 saturated heterocycles. The monoisotopic (exact) mass is 332 g/mol. The van der Waals surface area contributed by atoms with Gasteiger partial charge in [0.05, 0.1) is 11.2 Å². The van der Waals surface area contributed by atoms with E-state index in [-0.39, 0.29) is 10.5 Å². The van der Waals surface area contributed by atoms with E-state index in [1.54, 1.807) is 18.2 Å². The average Bonchev–Trinajstić information content (AvgIpc) is 3.17. The van der Waals surface area contributed by atoms with Crippen molar-refractivity contribution in [2.24, 2.45) is 5.14 Å². The second-order valence-corrected chi connectivity index (χ2v) is 6.23. The van der Waals surface area contributed by atoms with E-state index in [4.69, 9.17) is 9.56 Å². The molecule has 4 N–H and O–H groups in total. The summed E-state index contributed by atoms with van der Waals surface area (Å²) in [5.74, 6) is 0.482. The van der Waals surface area contributed by atoms with E-state index in [1.165, 1.54) is 30.5 Å². The molecule has 9 heteroatoms. The van der Waals surface area contributed by atoms with Gasteiger partial charge in [0.25, 0.3) is 5.91 Å². The quantitative estimate of drug-likeness (QED) is 0.667. The molecule has 0 aliphatic carbocycles. The molecule has 118 valence electrons. The number of hydrogen-bond acceptors (Lipinski definition) is 5. The van der Waals surface area contributed by atoms with Crippen LogP contribution < -0.4 is 10.5 Å². The third-order valence-corrected chi connectivity index (χ3v) is 3.98. The number of nitrogens with two attached hydrogens (primary N) is 1. The third kappa shape index (κ3) is 3.30. The number of carbonyl (C=O) groups is 1. The molecule has 0 spiro atoms. The number of hydrogen-bond donors (Lipinski definition) is 3. The van der Waals surface area contributed by atoms with Crippen molar-refractivity contribution in [1.29, 1.82) is 0 Å². The van der Waals surface area contributed by atoms with Crippen LogP contribution in [0.25, 0.3) is 11.5 Å². The highest BCUT2D eigenvalue weighted by atomic mass is 32.2.